The Morgan fingerprint density at radius 3 is 1.97 bits per heavy atom. The molecule has 3 aromatic rings. The van der Waals surface area contributed by atoms with Gasteiger partial charge in [-0.3, -0.25) is 0 Å². The first kappa shape index (κ1) is 26.1. The largest absolute Gasteiger partial charge is 0.573 e. The molecule has 7 nitrogen and oxygen atoms in total. The van der Waals surface area contributed by atoms with Crippen LogP contribution in [0.3, 0.4) is 0 Å². The number of rotatable bonds is 5. The number of fused-ring (bicyclic) bond motifs is 2. The molecular formula is C27H26F3N3O4S. The zero-order valence-corrected chi connectivity index (χ0v) is 21.3. The fourth-order valence-electron chi connectivity index (χ4n) is 5.23. The molecule has 1 N–H and O–H groups in total. The molecule has 0 bridgehead atoms. The Morgan fingerprint density at radius 2 is 1.42 bits per heavy atom. The van der Waals surface area contributed by atoms with Gasteiger partial charge in [-0.15, -0.1) is 13.2 Å². The van der Waals surface area contributed by atoms with E-state index in [4.69, 9.17) is 0 Å². The van der Waals surface area contributed by atoms with Crippen LogP contribution in [0.4, 0.5) is 18.0 Å². The number of carbonyl (C=O) groups is 1. The van der Waals surface area contributed by atoms with E-state index in [-0.39, 0.29) is 24.0 Å². The number of sulfonamides is 1. The molecule has 1 fully saturated rings. The molecule has 11 heteroatoms. The highest BCUT2D eigenvalue weighted by molar-refractivity contribution is 7.89. The van der Waals surface area contributed by atoms with E-state index in [1.165, 1.54) is 4.90 Å². The Balaban J connectivity index is 1.44. The van der Waals surface area contributed by atoms with Crippen LogP contribution in [-0.2, 0) is 22.9 Å². The number of aryl methyl sites for hydroxylation is 2. The van der Waals surface area contributed by atoms with E-state index in [0.717, 1.165) is 59.4 Å². The number of nitrogens with zero attached hydrogens (tertiary/aromatic N) is 2. The van der Waals surface area contributed by atoms with E-state index in [1.807, 2.05) is 36.4 Å². The van der Waals surface area contributed by atoms with Gasteiger partial charge in [-0.1, -0.05) is 48.5 Å². The predicted molar refractivity (Wildman–Crippen MR) is 134 cm³/mol. The smallest absolute Gasteiger partial charge is 0.406 e. The van der Waals surface area contributed by atoms with Crippen molar-refractivity contribution in [1.29, 1.82) is 0 Å². The van der Waals surface area contributed by atoms with Crippen molar-refractivity contribution in [2.75, 3.05) is 20.1 Å². The van der Waals surface area contributed by atoms with Crippen LogP contribution in [0.15, 0.2) is 77.7 Å². The van der Waals surface area contributed by atoms with E-state index >= 15 is 0 Å². The van der Waals surface area contributed by atoms with Gasteiger partial charge < -0.3 is 14.5 Å². The third kappa shape index (κ3) is 5.34. The van der Waals surface area contributed by atoms with E-state index in [1.54, 1.807) is 11.9 Å². The second-order valence-corrected chi connectivity index (χ2v) is 11.2. The molecule has 2 aliphatic rings. The van der Waals surface area contributed by atoms with Crippen molar-refractivity contribution in [2.45, 2.75) is 36.2 Å². The zero-order chi connectivity index (χ0) is 27.1. The fraction of sp³-hybridized carbons (Fsp3) is 0.296. The standard InChI is InChI=1S/C27H26F3N3O4S/c1-32-16-20(31-38(35,36)22-14-12-21(13-15-22)37-27(28,29)30)17-33(26(32)34)25-23-8-4-2-6-18(23)10-11-19-7-3-5-9-24(19)25/h2-9,12-15,20,25,31H,10-11,16-17H2,1H3. The SMILES string of the molecule is CN1CC(NS(=O)(=O)c2ccc(OC(F)(F)F)cc2)CN(C2c3ccccc3CCc3ccccc32)C1=O. The van der Waals surface area contributed by atoms with Crippen LogP contribution in [0, 0.1) is 0 Å². The average Bonchev–Trinajstić information content (AvgIpc) is 3.02. The second-order valence-electron chi connectivity index (χ2n) is 9.45. The summed E-state index contributed by atoms with van der Waals surface area (Å²) in [6.45, 7) is 0.255. The molecule has 0 saturated carbocycles. The van der Waals surface area contributed by atoms with Crippen LogP contribution in [-0.4, -0.2) is 56.8 Å². The second kappa shape index (κ2) is 9.95. The maximum atomic E-state index is 13.5. The molecule has 0 spiro atoms. The third-order valence-electron chi connectivity index (χ3n) is 6.85. The van der Waals surface area contributed by atoms with Crippen molar-refractivity contribution in [3.63, 3.8) is 0 Å². The number of alkyl halides is 3. The summed E-state index contributed by atoms with van der Waals surface area (Å²) in [6.07, 6.45) is -3.23. The van der Waals surface area contributed by atoms with Crippen LogP contribution in [0.1, 0.15) is 28.3 Å². The van der Waals surface area contributed by atoms with Crippen molar-refractivity contribution >= 4 is 16.1 Å². The first-order valence-electron chi connectivity index (χ1n) is 12.1. The Hall–Kier alpha value is -3.57. The molecule has 5 rings (SSSR count). The molecule has 1 aliphatic heterocycles. The van der Waals surface area contributed by atoms with Gasteiger partial charge in [0.25, 0.3) is 0 Å². The minimum atomic E-state index is -4.88. The normalized spacial score (nSPS) is 18.5. The molecule has 2 amide bonds. The van der Waals surface area contributed by atoms with Crippen molar-refractivity contribution in [2.24, 2.45) is 0 Å². The molecular weight excluding hydrogens is 519 g/mol. The Bertz CT molecular complexity index is 1400. The molecule has 0 aromatic heterocycles. The van der Waals surface area contributed by atoms with E-state index in [0.29, 0.717) is 0 Å². The average molecular weight is 546 g/mol. The Labute approximate surface area is 218 Å². The van der Waals surface area contributed by atoms with Crippen molar-refractivity contribution < 1.29 is 31.1 Å². The third-order valence-corrected chi connectivity index (χ3v) is 8.38. The summed E-state index contributed by atoms with van der Waals surface area (Å²) in [5, 5.41) is 0. The molecule has 1 saturated heterocycles. The summed E-state index contributed by atoms with van der Waals surface area (Å²) < 4.78 is 70.1. The molecule has 1 unspecified atom stereocenters. The van der Waals surface area contributed by atoms with Gasteiger partial charge in [-0.25, -0.2) is 17.9 Å². The molecule has 200 valence electrons. The number of hydrogen-bond donors (Lipinski definition) is 1. The summed E-state index contributed by atoms with van der Waals surface area (Å²) in [5.74, 6) is -0.517. The highest BCUT2D eigenvalue weighted by atomic mass is 32.2. The van der Waals surface area contributed by atoms with Gasteiger partial charge in [0.15, 0.2) is 0 Å². The lowest BCUT2D eigenvalue weighted by Gasteiger charge is -2.43. The molecule has 1 aliphatic carbocycles. The Morgan fingerprint density at radius 1 is 0.868 bits per heavy atom. The fourth-order valence-corrected chi connectivity index (χ4v) is 6.45. The maximum absolute atomic E-state index is 13.5. The van der Waals surface area contributed by atoms with Gasteiger partial charge >= 0.3 is 12.4 Å². The Kier molecular flexibility index (Phi) is 6.83. The number of urea groups is 1. The lowest BCUT2D eigenvalue weighted by atomic mass is 9.92. The van der Waals surface area contributed by atoms with Crippen molar-refractivity contribution in [3.8, 4) is 5.75 Å². The number of ether oxygens (including phenoxy) is 1. The van der Waals surface area contributed by atoms with E-state index in [9.17, 15) is 26.4 Å². The van der Waals surface area contributed by atoms with Gasteiger partial charge in [-0.05, 0) is 59.4 Å². The number of likely N-dealkylation sites (N-methyl/N-ethyl adjacent to an activating group) is 1. The van der Waals surface area contributed by atoms with Crippen molar-refractivity contribution in [1.82, 2.24) is 14.5 Å². The van der Waals surface area contributed by atoms with Crippen molar-refractivity contribution in [3.05, 3.63) is 95.1 Å². The van der Waals surface area contributed by atoms with Gasteiger partial charge in [0.05, 0.1) is 17.0 Å². The van der Waals surface area contributed by atoms with Crippen LogP contribution in [0.5, 0.6) is 5.75 Å². The first-order valence-corrected chi connectivity index (χ1v) is 13.6. The number of carbonyl (C=O) groups excluding carboxylic acids is 1. The highest BCUT2D eigenvalue weighted by Crippen LogP contribution is 2.38. The first-order chi connectivity index (χ1) is 18.0. The van der Waals surface area contributed by atoms with Crippen LogP contribution in [0.25, 0.3) is 0 Å². The summed E-state index contributed by atoms with van der Waals surface area (Å²) in [4.78, 5) is 16.4. The van der Waals surface area contributed by atoms with Crippen LogP contribution < -0.4 is 9.46 Å². The van der Waals surface area contributed by atoms with Gasteiger partial charge in [0.1, 0.15) is 5.75 Å². The quantitative estimate of drug-likeness (QED) is 0.513. The van der Waals surface area contributed by atoms with E-state index in [2.05, 4.69) is 21.6 Å². The lowest BCUT2D eigenvalue weighted by Crippen LogP contribution is -2.60. The number of nitrogens with one attached hydrogen (secondary N) is 1. The van der Waals surface area contributed by atoms with Gasteiger partial charge in [0, 0.05) is 20.1 Å². The maximum Gasteiger partial charge on any atom is 0.573 e. The zero-order valence-electron chi connectivity index (χ0n) is 20.5. The number of amides is 2. The topological polar surface area (TPSA) is 79.0 Å². The van der Waals surface area contributed by atoms with Crippen LogP contribution >= 0.6 is 0 Å². The molecule has 1 heterocycles. The molecule has 3 aromatic carbocycles. The molecule has 0 radical (unpaired) electrons. The van der Waals surface area contributed by atoms with Crippen LogP contribution in [0.2, 0.25) is 0 Å². The lowest BCUT2D eigenvalue weighted by molar-refractivity contribution is -0.274. The predicted octanol–water partition coefficient (Wildman–Crippen LogP) is 4.49. The molecule has 38 heavy (non-hydrogen) atoms. The summed E-state index contributed by atoms with van der Waals surface area (Å²) in [6, 6.07) is 18.7. The minimum absolute atomic E-state index is 0.116. The summed E-state index contributed by atoms with van der Waals surface area (Å²) in [7, 11) is -2.48. The highest BCUT2D eigenvalue weighted by Gasteiger charge is 2.39. The summed E-state index contributed by atoms with van der Waals surface area (Å²) in [5.41, 5.74) is 4.27. The number of hydrogen-bond acceptors (Lipinski definition) is 4. The number of benzene rings is 3. The van der Waals surface area contributed by atoms with E-state index < -0.39 is 34.2 Å². The van der Waals surface area contributed by atoms with Gasteiger partial charge in [0.2, 0.25) is 10.0 Å². The minimum Gasteiger partial charge on any atom is -0.406 e. The summed E-state index contributed by atoms with van der Waals surface area (Å²) >= 11 is 0. The molecule has 1 atom stereocenters. The van der Waals surface area contributed by atoms with Gasteiger partial charge in [-0.2, -0.15) is 0 Å². The number of halogens is 3. The monoisotopic (exact) mass is 545 g/mol.